The number of carbonyl (C=O) groups is 1. The zero-order valence-corrected chi connectivity index (χ0v) is 15.5. The van der Waals surface area contributed by atoms with Crippen LogP contribution >= 0.6 is 0 Å². The van der Waals surface area contributed by atoms with Crippen molar-refractivity contribution in [1.82, 2.24) is 4.98 Å². The molecule has 1 aliphatic heterocycles. The summed E-state index contributed by atoms with van der Waals surface area (Å²) in [5.41, 5.74) is 6.08. The van der Waals surface area contributed by atoms with E-state index in [1.807, 2.05) is 6.07 Å². The van der Waals surface area contributed by atoms with E-state index in [0.29, 0.717) is 5.56 Å². The Morgan fingerprint density at radius 2 is 2.10 bits per heavy atom. The van der Waals surface area contributed by atoms with Crippen LogP contribution in [0.4, 0.5) is 23.2 Å². The van der Waals surface area contributed by atoms with Crippen molar-refractivity contribution >= 4 is 17.6 Å². The molecule has 0 saturated carbocycles. The van der Waals surface area contributed by atoms with E-state index in [1.54, 1.807) is 6.92 Å². The molecule has 1 aromatic heterocycles. The molecule has 0 radical (unpaired) electrons. The summed E-state index contributed by atoms with van der Waals surface area (Å²) in [6, 6.07) is 4.90. The topological polar surface area (TPSA) is 113 Å². The number of pyridine rings is 1. The van der Waals surface area contributed by atoms with Crippen LogP contribution in [0.1, 0.15) is 39.6 Å². The molecular weight excluding hydrogens is 406 g/mol. The molecule has 0 fully saturated rings. The molecule has 1 aliphatic rings. The van der Waals surface area contributed by atoms with Crippen molar-refractivity contribution in [3.05, 3.63) is 58.7 Å². The number of anilines is 1. The maximum atomic E-state index is 14.3. The fourth-order valence-electron chi connectivity index (χ4n) is 2.97. The Kier molecular flexibility index (Phi) is 5.60. The summed E-state index contributed by atoms with van der Waals surface area (Å²) < 4.78 is 57.9. The number of carbonyl (C=O) groups excluding carboxylic acids is 1. The van der Waals surface area contributed by atoms with Crippen LogP contribution in [-0.4, -0.2) is 29.2 Å². The SMILES string of the molecule is Cc1cc(C#N)cnc1C(=O)Nc1ccc(F)c(C2C[C@@H](C(F)(F)F)OC(N)=N2)c1. The number of nitrogens with one attached hydrogen (secondary N) is 1. The van der Waals surface area contributed by atoms with Crippen LogP contribution in [0.3, 0.4) is 0 Å². The largest absolute Gasteiger partial charge is 0.452 e. The molecule has 3 N–H and O–H groups in total. The van der Waals surface area contributed by atoms with Crippen LogP contribution in [-0.2, 0) is 4.74 Å². The van der Waals surface area contributed by atoms with Crippen LogP contribution in [0.5, 0.6) is 0 Å². The Bertz CT molecular complexity index is 1060. The monoisotopic (exact) mass is 421 g/mol. The van der Waals surface area contributed by atoms with Crippen LogP contribution in [0.15, 0.2) is 35.5 Å². The maximum absolute atomic E-state index is 14.3. The first-order chi connectivity index (χ1) is 14.1. The first kappa shape index (κ1) is 21.0. The van der Waals surface area contributed by atoms with E-state index >= 15 is 0 Å². The van der Waals surface area contributed by atoms with Gasteiger partial charge in [0.25, 0.3) is 11.9 Å². The van der Waals surface area contributed by atoms with Crippen LogP contribution in [0, 0.1) is 24.1 Å². The molecule has 156 valence electrons. The summed E-state index contributed by atoms with van der Waals surface area (Å²) >= 11 is 0. The van der Waals surface area contributed by atoms with Crippen molar-refractivity contribution in [3.8, 4) is 6.07 Å². The number of aromatic nitrogens is 1. The van der Waals surface area contributed by atoms with Gasteiger partial charge in [-0.1, -0.05) is 0 Å². The van der Waals surface area contributed by atoms with Gasteiger partial charge >= 0.3 is 6.18 Å². The highest BCUT2D eigenvalue weighted by molar-refractivity contribution is 6.03. The van der Waals surface area contributed by atoms with Gasteiger partial charge in [-0.05, 0) is 36.8 Å². The van der Waals surface area contributed by atoms with E-state index in [2.05, 4.69) is 20.0 Å². The number of hydrogen-bond acceptors (Lipinski definition) is 6. The number of amidine groups is 1. The Hall–Kier alpha value is -3.68. The van der Waals surface area contributed by atoms with Crippen molar-refractivity contribution in [2.75, 3.05) is 5.32 Å². The van der Waals surface area contributed by atoms with Gasteiger partial charge in [-0.3, -0.25) is 4.79 Å². The smallest absolute Gasteiger partial charge is 0.425 e. The molecule has 1 amide bonds. The predicted molar refractivity (Wildman–Crippen MR) is 98.0 cm³/mol. The van der Waals surface area contributed by atoms with E-state index in [1.165, 1.54) is 24.4 Å². The molecule has 0 saturated heterocycles. The Balaban J connectivity index is 1.86. The molecule has 11 heteroatoms. The normalized spacial score (nSPS) is 18.7. The van der Waals surface area contributed by atoms with Gasteiger partial charge in [-0.15, -0.1) is 0 Å². The van der Waals surface area contributed by atoms with Crippen molar-refractivity contribution < 1.29 is 27.1 Å². The molecule has 0 spiro atoms. The second kappa shape index (κ2) is 7.98. The third kappa shape index (κ3) is 4.48. The fourth-order valence-corrected chi connectivity index (χ4v) is 2.97. The number of aryl methyl sites for hydroxylation is 1. The predicted octanol–water partition coefficient (Wildman–Crippen LogP) is 3.36. The van der Waals surface area contributed by atoms with Gasteiger partial charge in [0.15, 0.2) is 6.10 Å². The second-order valence-corrected chi connectivity index (χ2v) is 6.56. The molecular formula is C19H15F4N5O2. The van der Waals surface area contributed by atoms with Crippen LogP contribution in [0.25, 0.3) is 0 Å². The first-order valence-corrected chi connectivity index (χ1v) is 8.62. The van der Waals surface area contributed by atoms with Gasteiger partial charge in [0.2, 0.25) is 0 Å². The van der Waals surface area contributed by atoms with Crippen molar-refractivity contribution in [1.29, 1.82) is 5.26 Å². The minimum Gasteiger partial charge on any atom is -0.452 e. The summed E-state index contributed by atoms with van der Waals surface area (Å²) in [6.07, 6.45) is -6.34. The number of rotatable bonds is 3. The molecule has 30 heavy (non-hydrogen) atoms. The average Bonchev–Trinajstić information content (AvgIpc) is 2.68. The van der Waals surface area contributed by atoms with E-state index in [9.17, 15) is 22.4 Å². The van der Waals surface area contributed by atoms with Crippen LogP contribution < -0.4 is 11.1 Å². The Morgan fingerprint density at radius 1 is 1.37 bits per heavy atom. The number of nitrogens with two attached hydrogens (primary N) is 1. The molecule has 2 atom stereocenters. The Morgan fingerprint density at radius 3 is 2.73 bits per heavy atom. The molecule has 3 rings (SSSR count). The zero-order chi connectivity index (χ0) is 22.1. The standard InChI is InChI=1S/C19H15F4N5O2/c1-9-4-10(7-24)8-26-16(9)17(29)27-11-2-3-13(20)12(5-11)14-6-15(19(21,22)23)30-18(25)28-14/h2-5,8,14-15H,6H2,1H3,(H2,25,28)(H,27,29)/t14?,15-/m0/s1. The van der Waals surface area contributed by atoms with Crippen molar-refractivity contribution in [2.24, 2.45) is 10.7 Å². The lowest BCUT2D eigenvalue weighted by atomic mass is 9.98. The number of benzene rings is 1. The zero-order valence-electron chi connectivity index (χ0n) is 15.5. The molecule has 0 bridgehead atoms. The molecule has 0 aliphatic carbocycles. The molecule has 7 nitrogen and oxygen atoms in total. The summed E-state index contributed by atoms with van der Waals surface area (Å²) in [5, 5.41) is 11.4. The highest BCUT2D eigenvalue weighted by atomic mass is 19.4. The van der Waals surface area contributed by atoms with Crippen molar-refractivity contribution in [2.45, 2.75) is 31.7 Å². The van der Waals surface area contributed by atoms with Crippen LogP contribution in [0.2, 0.25) is 0 Å². The van der Waals surface area contributed by atoms with E-state index in [-0.39, 0.29) is 22.5 Å². The number of alkyl halides is 3. The molecule has 1 unspecified atom stereocenters. The molecule has 2 aromatic rings. The molecule has 1 aromatic carbocycles. The number of nitriles is 1. The second-order valence-electron chi connectivity index (χ2n) is 6.56. The van der Waals surface area contributed by atoms with Crippen molar-refractivity contribution in [3.63, 3.8) is 0 Å². The summed E-state index contributed by atoms with van der Waals surface area (Å²) in [7, 11) is 0. The first-order valence-electron chi connectivity index (χ1n) is 8.62. The lowest BCUT2D eigenvalue weighted by Crippen LogP contribution is -2.40. The van der Waals surface area contributed by atoms with Gasteiger partial charge in [0.1, 0.15) is 17.6 Å². The van der Waals surface area contributed by atoms with E-state index in [0.717, 1.165) is 6.07 Å². The third-order valence-electron chi connectivity index (χ3n) is 4.38. The lowest BCUT2D eigenvalue weighted by Gasteiger charge is -2.29. The van der Waals surface area contributed by atoms with E-state index < -0.39 is 42.5 Å². The molecule has 2 heterocycles. The third-order valence-corrected chi connectivity index (χ3v) is 4.38. The van der Waals surface area contributed by atoms with Gasteiger partial charge < -0.3 is 15.8 Å². The summed E-state index contributed by atoms with van der Waals surface area (Å²) in [4.78, 5) is 20.2. The highest BCUT2D eigenvalue weighted by Gasteiger charge is 2.46. The van der Waals surface area contributed by atoms with Gasteiger partial charge in [-0.25, -0.2) is 14.4 Å². The number of nitrogens with zero attached hydrogens (tertiary/aromatic N) is 3. The summed E-state index contributed by atoms with van der Waals surface area (Å²) in [6.45, 7) is 1.59. The van der Waals surface area contributed by atoms with Gasteiger partial charge in [-0.2, -0.15) is 18.4 Å². The number of hydrogen-bond donors (Lipinski definition) is 2. The maximum Gasteiger partial charge on any atom is 0.425 e. The number of aliphatic imine (C=N–C) groups is 1. The quantitative estimate of drug-likeness (QED) is 0.738. The Labute approximate surface area is 168 Å². The lowest BCUT2D eigenvalue weighted by molar-refractivity contribution is -0.204. The highest BCUT2D eigenvalue weighted by Crippen LogP contribution is 2.37. The van der Waals surface area contributed by atoms with Gasteiger partial charge in [0.05, 0.1) is 11.6 Å². The van der Waals surface area contributed by atoms with E-state index in [4.69, 9.17) is 11.0 Å². The number of halogens is 4. The average molecular weight is 421 g/mol. The van der Waals surface area contributed by atoms with Gasteiger partial charge in [0, 0.05) is 23.9 Å². The summed E-state index contributed by atoms with van der Waals surface area (Å²) in [5.74, 6) is -1.43. The fraction of sp³-hybridized carbons (Fsp3) is 0.263. The number of ether oxygens (including phenoxy) is 1. The number of amides is 1. The minimum atomic E-state index is -4.69. The minimum absolute atomic E-state index is 0.0466.